The number of imidazole rings is 1. The van der Waals surface area contributed by atoms with E-state index in [0.717, 1.165) is 51.2 Å². The Morgan fingerprint density at radius 1 is 1.06 bits per heavy atom. The van der Waals surface area contributed by atoms with Crippen LogP contribution in [0.2, 0.25) is 0 Å². The summed E-state index contributed by atoms with van der Waals surface area (Å²) < 4.78 is 2.03. The Hall–Kier alpha value is -3.51. The van der Waals surface area contributed by atoms with E-state index in [0.29, 0.717) is 12.0 Å². The van der Waals surface area contributed by atoms with Crippen molar-refractivity contribution in [2.75, 3.05) is 18.4 Å². The van der Waals surface area contributed by atoms with Gasteiger partial charge in [-0.25, -0.2) is 9.97 Å². The third kappa shape index (κ3) is 5.28. The predicted molar refractivity (Wildman–Crippen MR) is 144 cm³/mol. The molecule has 0 spiro atoms. The van der Waals surface area contributed by atoms with Gasteiger partial charge < -0.3 is 14.8 Å². The molecule has 4 aromatic rings. The number of nitrogens with one attached hydrogen (secondary N) is 1. The first kappa shape index (κ1) is 23.2. The van der Waals surface area contributed by atoms with Gasteiger partial charge in [-0.05, 0) is 81.8 Å². The fourth-order valence-corrected chi connectivity index (χ4v) is 4.98. The number of hydrogen-bond donors (Lipinski definition) is 1. The third-order valence-corrected chi connectivity index (χ3v) is 7.16. The highest BCUT2D eigenvalue weighted by molar-refractivity contribution is 5.89. The summed E-state index contributed by atoms with van der Waals surface area (Å²) in [5.41, 5.74) is 5.24. The molecule has 0 amide bonds. The van der Waals surface area contributed by atoms with Crippen molar-refractivity contribution in [1.29, 1.82) is 0 Å². The number of aryl methyl sites for hydroxylation is 1. The van der Waals surface area contributed by atoms with E-state index in [1.165, 1.54) is 25.9 Å². The zero-order valence-corrected chi connectivity index (χ0v) is 20.9. The first-order chi connectivity index (χ1) is 17.0. The summed E-state index contributed by atoms with van der Waals surface area (Å²) in [7, 11) is 2.01. The van der Waals surface area contributed by atoms with Crippen LogP contribution in [0.15, 0.2) is 67.9 Å². The fraction of sp³-hybridized carbons (Fsp3) is 0.345. The number of benzene rings is 1. The topological polar surface area (TPSA) is 58.9 Å². The van der Waals surface area contributed by atoms with Gasteiger partial charge in [0, 0.05) is 53.4 Å². The molecule has 3 aromatic heterocycles. The molecule has 0 aliphatic carbocycles. The van der Waals surface area contributed by atoms with Gasteiger partial charge in [-0.15, -0.1) is 0 Å². The molecule has 1 aromatic carbocycles. The Morgan fingerprint density at radius 2 is 1.89 bits per heavy atom. The molecule has 0 saturated carbocycles. The molecule has 6 nitrogen and oxygen atoms in total. The largest absolute Gasteiger partial charge is 0.340 e. The van der Waals surface area contributed by atoms with Gasteiger partial charge in [-0.2, -0.15) is 0 Å². The van der Waals surface area contributed by atoms with Crippen molar-refractivity contribution in [2.45, 2.75) is 39.2 Å². The van der Waals surface area contributed by atoms with Crippen LogP contribution in [-0.2, 0) is 13.5 Å². The summed E-state index contributed by atoms with van der Waals surface area (Å²) in [6, 6.07) is 13.3. The van der Waals surface area contributed by atoms with E-state index in [-0.39, 0.29) is 0 Å². The lowest BCUT2D eigenvalue weighted by Gasteiger charge is -2.34. The maximum absolute atomic E-state index is 4.65. The molecule has 1 aliphatic heterocycles. The van der Waals surface area contributed by atoms with Crippen LogP contribution in [0.5, 0.6) is 0 Å². The number of piperidine rings is 1. The summed E-state index contributed by atoms with van der Waals surface area (Å²) in [4.78, 5) is 16.1. The average molecular weight is 467 g/mol. The molecule has 0 bridgehead atoms. The van der Waals surface area contributed by atoms with E-state index < -0.39 is 0 Å². The standard InChI is InChI=1S/C29H34N6/c1-20(2)35-11-8-22(9-12-35)13-27-15-23(7-10-31-27)21(3)33-29-16-26-14-24(5-6-25(26)17-32-29)28-18-30-19-34(28)4/h5-7,10,14-20,22H,3,8-9,11-13H2,1-2,4H3,(H,32,33). The molecule has 1 fully saturated rings. The van der Waals surface area contributed by atoms with E-state index >= 15 is 0 Å². The van der Waals surface area contributed by atoms with Crippen molar-refractivity contribution in [1.82, 2.24) is 24.4 Å². The molecule has 1 saturated heterocycles. The summed E-state index contributed by atoms with van der Waals surface area (Å²) in [6.07, 6.45) is 11.0. The molecule has 6 heteroatoms. The van der Waals surface area contributed by atoms with E-state index in [2.05, 4.69) is 75.9 Å². The first-order valence-corrected chi connectivity index (χ1v) is 12.5. The van der Waals surface area contributed by atoms with Gasteiger partial charge in [0.1, 0.15) is 5.82 Å². The van der Waals surface area contributed by atoms with Crippen molar-refractivity contribution >= 4 is 22.3 Å². The molecule has 0 radical (unpaired) electrons. The van der Waals surface area contributed by atoms with Gasteiger partial charge in [-0.3, -0.25) is 4.98 Å². The molecule has 4 heterocycles. The normalized spacial score (nSPS) is 15.1. The summed E-state index contributed by atoms with van der Waals surface area (Å²) in [6.45, 7) is 11.2. The monoisotopic (exact) mass is 466 g/mol. The number of nitrogens with zero attached hydrogens (tertiary/aromatic N) is 5. The summed E-state index contributed by atoms with van der Waals surface area (Å²) in [5.74, 6) is 1.48. The number of anilines is 1. The Balaban J connectivity index is 1.28. The zero-order chi connectivity index (χ0) is 24.4. The van der Waals surface area contributed by atoms with Gasteiger partial charge in [0.05, 0.1) is 18.2 Å². The maximum Gasteiger partial charge on any atom is 0.130 e. The lowest BCUT2D eigenvalue weighted by Crippen LogP contribution is -2.38. The third-order valence-electron chi connectivity index (χ3n) is 7.16. The number of hydrogen-bond acceptors (Lipinski definition) is 5. The van der Waals surface area contributed by atoms with Gasteiger partial charge >= 0.3 is 0 Å². The van der Waals surface area contributed by atoms with Crippen LogP contribution in [0.1, 0.15) is 37.9 Å². The first-order valence-electron chi connectivity index (χ1n) is 12.5. The van der Waals surface area contributed by atoms with E-state index in [1.54, 1.807) is 0 Å². The highest BCUT2D eigenvalue weighted by Gasteiger charge is 2.21. The van der Waals surface area contributed by atoms with Crippen LogP contribution in [0.4, 0.5) is 5.82 Å². The summed E-state index contributed by atoms with van der Waals surface area (Å²) >= 11 is 0. The van der Waals surface area contributed by atoms with Gasteiger partial charge in [0.2, 0.25) is 0 Å². The minimum Gasteiger partial charge on any atom is -0.340 e. The Labute approximate surface area is 207 Å². The Morgan fingerprint density at radius 3 is 2.63 bits per heavy atom. The minimum atomic E-state index is 0.636. The lowest BCUT2D eigenvalue weighted by molar-refractivity contribution is 0.149. The molecule has 5 rings (SSSR count). The quantitative estimate of drug-likeness (QED) is 0.374. The van der Waals surface area contributed by atoms with Crippen molar-refractivity contribution in [3.8, 4) is 11.3 Å². The Kier molecular flexibility index (Phi) is 6.64. The molecular formula is C29H34N6. The number of fused-ring (bicyclic) bond motifs is 1. The summed E-state index contributed by atoms with van der Waals surface area (Å²) in [5, 5.41) is 5.63. The van der Waals surface area contributed by atoms with Crippen molar-refractivity contribution < 1.29 is 0 Å². The van der Waals surface area contributed by atoms with E-state index in [4.69, 9.17) is 0 Å². The predicted octanol–water partition coefficient (Wildman–Crippen LogP) is 5.78. The maximum atomic E-state index is 4.65. The van der Waals surface area contributed by atoms with Crippen molar-refractivity contribution in [3.05, 3.63) is 79.2 Å². The fourth-order valence-electron chi connectivity index (χ4n) is 4.98. The number of pyridine rings is 2. The van der Waals surface area contributed by atoms with E-state index in [1.807, 2.05) is 42.6 Å². The second kappa shape index (κ2) is 10.0. The molecule has 180 valence electrons. The number of rotatable bonds is 7. The van der Waals surface area contributed by atoms with Crippen molar-refractivity contribution in [2.24, 2.45) is 13.0 Å². The SMILES string of the molecule is C=C(Nc1cc2cc(-c3cncn3C)ccc2cn1)c1ccnc(CC2CCN(C(C)C)CC2)c1. The lowest BCUT2D eigenvalue weighted by atomic mass is 9.91. The average Bonchev–Trinajstić information content (AvgIpc) is 3.30. The van der Waals surface area contributed by atoms with Crippen LogP contribution in [-0.4, -0.2) is 43.6 Å². The number of aromatic nitrogens is 4. The van der Waals surface area contributed by atoms with Crippen molar-refractivity contribution in [3.63, 3.8) is 0 Å². The molecule has 0 unspecified atom stereocenters. The molecule has 35 heavy (non-hydrogen) atoms. The molecule has 1 N–H and O–H groups in total. The Bertz CT molecular complexity index is 1330. The number of likely N-dealkylation sites (tertiary alicyclic amines) is 1. The zero-order valence-electron chi connectivity index (χ0n) is 20.9. The molecule has 0 atom stereocenters. The van der Waals surface area contributed by atoms with Crippen LogP contribution in [0, 0.1) is 5.92 Å². The smallest absolute Gasteiger partial charge is 0.130 e. The molecular weight excluding hydrogens is 432 g/mol. The second-order valence-electron chi connectivity index (χ2n) is 9.94. The molecule has 1 aliphatic rings. The minimum absolute atomic E-state index is 0.636. The van der Waals surface area contributed by atoms with Crippen LogP contribution in [0.25, 0.3) is 27.7 Å². The van der Waals surface area contributed by atoms with Gasteiger partial charge in [0.15, 0.2) is 0 Å². The second-order valence-corrected chi connectivity index (χ2v) is 9.94. The highest BCUT2D eigenvalue weighted by atomic mass is 15.1. The van der Waals surface area contributed by atoms with Crippen LogP contribution < -0.4 is 5.32 Å². The van der Waals surface area contributed by atoms with E-state index in [9.17, 15) is 0 Å². The van der Waals surface area contributed by atoms with Gasteiger partial charge in [-0.1, -0.05) is 18.7 Å². The van der Waals surface area contributed by atoms with Crippen LogP contribution in [0.3, 0.4) is 0 Å². The highest BCUT2D eigenvalue weighted by Crippen LogP contribution is 2.27. The van der Waals surface area contributed by atoms with Crippen LogP contribution >= 0.6 is 0 Å². The van der Waals surface area contributed by atoms with Gasteiger partial charge in [0.25, 0.3) is 0 Å².